The molecule has 0 saturated heterocycles. The fraction of sp³-hybridized carbons (Fsp3) is 1.00. The van der Waals surface area contributed by atoms with E-state index >= 15 is 0 Å². The summed E-state index contributed by atoms with van der Waals surface area (Å²) < 4.78 is 0. The Morgan fingerprint density at radius 2 is 1.64 bits per heavy atom. The van der Waals surface area contributed by atoms with Crippen molar-refractivity contribution in [3.8, 4) is 0 Å². The monoisotopic (exact) mass is 203 g/mol. The third-order valence-electron chi connectivity index (χ3n) is 3.28. The predicted molar refractivity (Wildman–Crippen MR) is 58.7 cm³/mol. The molecule has 0 bridgehead atoms. The standard InChI is InChI=1S/C11H25NO2/c1-7-10(3,4)9-11(5,8-2)12(13)14-6/h12H,7-9H2,1-6H3. The van der Waals surface area contributed by atoms with Crippen LogP contribution in [-0.2, 0) is 4.84 Å². The van der Waals surface area contributed by atoms with Gasteiger partial charge in [0, 0.05) is 12.8 Å². The van der Waals surface area contributed by atoms with Crippen LogP contribution in [0, 0.1) is 10.6 Å². The molecule has 3 heteroatoms. The first kappa shape index (κ1) is 13.9. The quantitative estimate of drug-likeness (QED) is 0.670. The lowest BCUT2D eigenvalue weighted by Crippen LogP contribution is -3.14. The van der Waals surface area contributed by atoms with Crippen molar-refractivity contribution < 1.29 is 10.1 Å². The highest BCUT2D eigenvalue weighted by molar-refractivity contribution is 4.80. The Morgan fingerprint density at radius 1 is 1.14 bits per heavy atom. The molecule has 0 saturated carbocycles. The molecule has 0 amide bonds. The van der Waals surface area contributed by atoms with E-state index in [4.69, 9.17) is 4.84 Å². The van der Waals surface area contributed by atoms with Gasteiger partial charge in [0.25, 0.3) is 0 Å². The summed E-state index contributed by atoms with van der Waals surface area (Å²) in [6.07, 6.45) is 2.81. The molecule has 86 valence electrons. The number of hydrogen-bond acceptors (Lipinski definition) is 2. The van der Waals surface area contributed by atoms with E-state index in [0.29, 0.717) is 0 Å². The van der Waals surface area contributed by atoms with Crippen LogP contribution in [0.25, 0.3) is 0 Å². The molecule has 0 aromatic carbocycles. The van der Waals surface area contributed by atoms with Crippen LogP contribution >= 0.6 is 0 Å². The maximum Gasteiger partial charge on any atom is 0.124 e. The summed E-state index contributed by atoms with van der Waals surface area (Å²) >= 11 is 0. The minimum atomic E-state index is -0.325. The van der Waals surface area contributed by atoms with Crippen LogP contribution in [0.5, 0.6) is 0 Å². The van der Waals surface area contributed by atoms with Crippen LogP contribution in [0.15, 0.2) is 0 Å². The molecule has 0 radical (unpaired) electrons. The third-order valence-corrected chi connectivity index (χ3v) is 3.28. The SMILES string of the molecule is CCC(C)(C)CC(C)(CC)[NH+]([O-])OC. The van der Waals surface area contributed by atoms with Crippen molar-refractivity contribution in [1.82, 2.24) is 0 Å². The zero-order valence-electron chi connectivity index (χ0n) is 10.4. The van der Waals surface area contributed by atoms with Crippen LogP contribution in [-0.4, -0.2) is 12.6 Å². The molecule has 3 nitrogen and oxygen atoms in total. The molecule has 2 atom stereocenters. The summed E-state index contributed by atoms with van der Waals surface area (Å²) in [5.41, 5.74) is -0.118. The van der Waals surface area contributed by atoms with Crippen molar-refractivity contribution in [2.75, 3.05) is 7.11 Å². The van der Waals surface area contributed by atoms with E-state index in [9.17, 15) is 5.21 Å². The van der Waals surface area contributed by atoms with Crippen molar-refractivity contribution >= 4 is 0 Å². The van der Waals surface area contributed by atoms with E-state index in [0.717, 1.165) is 19.3 Å². The summed E-state index contributed by atoms with van der Waals surface area (Å²) in [5, 5.41) is 11.6. The molecule has 0 rings (SSSR count). The number of rotatable bonds is 6. The minimum absolute atomic E-state index is 0.0819. The van der Waals surface area contributed by atoms with Crippen LogP contribution in [0.2, 0.25) is 0 Å². The topological polar surface area (TPSA) is 36.7 Å². The number of hydrogen-bond donors (Lipinski definition) is 1. The lowest BCUT2D eigenvalue weighted by atomic mass is 9.76. The summed E-state index contributed by atoms with van der Waals surface area (Å²) in [6, 6.07) is 0. The van der Waals surface area contributed by atoms with Crippen LogP contribution in [0.1, 0.15) is 53.9 Å². The van der Waals surface area contributed by atoms with Crippen molar-refractivity contribution in [3.63, 3.8) is 0 Å². The molecular weight excluding hydrogens is 178 g/mol. The molecule has 2 unspecified atom stereocenters. The number of quaternary nitrogens is 1. The van der Waals surface area contributed by atoms with Crippen molar-refractivity contribution in [1.29, 1.82) is 0 Å². The van der Waals surface area contributed by atoms with Gasteiger partial charge in [0.15, 0.2) is 0 Å². The van der Waals surface area contributed by atoms with E-state index in [2.05, 4.69) is 20.8 Å². The first-order chi connectivity index (χ1) is 6.31. The van der Waals surface area contributed by atoms with Gasteiger partial charge in [-0.3, -0.25) is 0 Å². The Bertz CT molecular complexity index is 171. The van der Waals surface area contributed by atoms with E-state index in [1.807, 2.05) is 13.8 Å². The third kappa shape index (κ3) is 3.56. The molecule has 0 heterocycles. The Labute approximate surface area is 88.0 Å². The molecule has 0 spiro atoms. The Morgan fingerprint density at radius 3 is 1.93 bits per heavy atom. The second-order valence-corrected chi connectivity index (χ2v) is 5.10. The lowest BCUT2D eigenvalue weighted by molar-refractivity contribution is -1.09. The largest absolute Gasteiger partial charge is 0.599 e. The number of nitrogens with one attached hydrogen (secondary N) is 1. The highest BCUT2D eigenvalue weighted by Crippen LogP contribution is 2.31. The molecule has 0 fully saturated rings. The molecule has 14 heavy (non-hydrogen) atoms. The first-order valence-electron chi connectivity index (χ1n) is 5.39. The molecular formula is C11H25NO2. The normalized spacial score (nSPS) is 19.1. The maximum atomic E-state index is 11.6. The van der Waals surface area contributed by atoms with Gasteiger partial charge in [-0.15, -0.1) is 0 Å². The maximum absolute atomic E-state index is 11.6. The average molecular weight is 203 g/mol. The summed E-state index contributed by atoms with van der Waals surface area (Å²) in [4.78, 5) is 4.86. The minimum Gasteiger partial charge on any atom is -0.599 e. The second kappa shape index (κ2) is 5.10. The summed E-state index contributed by atoms with van der Waals surface area (Å²) in [6.45, 7) is 10.6. The zero-order valence-corrected chi connectivity index (χ0v) is 10.4. The summed E-state index contributed by atoms with van der Waals surface area (Å²) in [7, 11) is 1.47. The van der Waals surface area contributed by atoms with Gasteiger partial charge in [-0.05, 0) is 12.3 Å². The van der Waals surface area contributed by atoms with Crippen molar-refractivity contribution in [3.05, 3.63) is 5.21 Å². The molecule has 0 aromatic heterocycles. The summed E-state index contributed by atoms with van der Waals surface area (Å²) in [5.74, 6) is 0. The smallest absolute Gasteiger partial charge is 0.124 e. The van der Waals surface area contributed by atoms with Crippen LogP contribution < -0.4 is 5.23 Å². The fourth-order valence-electron chi connectivity index (χ4n) is 1.77. The fourth-order valence-corrected chi connectivity index (χ4v) is 1.77. The van der Waals surface area contributed by atoms with Gasteiger partial charge in [-0.2, -0.15) is 0 Å². The van der Waals surface area contributed by atoms with Gasteiger partial charge < -0.3 is 5.21 Å². The second-order valence-electron chi connectivity index (χ2n) is 5.10. The van der Waals surface area contributed by atoms with Crippen LogP contribution in [0.3, 0.4) is 0 Å². The lowest BCUT2D eigenvalue weighted by Gasteiger charge is -2.41. The van der Waals surface area contributed by atoms with Crippen molar-refractivity contribution in [2.45, 2.75) is 59.4 Å². The zero-order chi connectivity index (χ0) is 11.4. The Balaban J connectivity index is 4.54. The highest BCUT2D eigenvalue weighted by atomic mass is 16.9. The van der Waals surface area contributed by atoms with Gasteiger partial charge in [-0.25, -0.2) is 10.1 Å². The number of hydroxylamine groups is 2. The molecule has 0 aliphatic heterocycles. The Kier molecular flexibility index (Phi) is 5.06. The van der Waals surface area contributed by atoms with E-state index in [-0.39, 0.29) is 16.2 Å². The average Bonchev–Trinajstić information content (AvgIpc) is 2.15. The van der Waals surface area contributed by atoms with E-state index < -0.39 is 0 Å². The molecule has 0 aromatic rings. The van der Waals surface area contributed by atoms with Gasteiger partial charge in [0.1, 0.15) is 5.54 Å². The molecule has 0 aliphatic rings. The predicted octanol–water partition coefficient (Wildman–Crippen LogP) is 1.93. The van der Waals surface area contributed by atoms with Gasteiger partial charge in [-0.1, -0.05) is 34.1 Å². The Hall–Kier alpha value is -0.120. The van der Waals surface area contributed by atoms with Gasteiger partial charge >= 0.3 is 0 Å². The van der Waals surface area contributed by atoms with E-state index in [1.165, 1.54) is 7.11 Å². The molecule has 0 aliphatic carbocycles. The van der Waals surface area contributed by atoms with Gasteiger partial charge in [0.2, 0.25) is 0 Å². The first-order valence-corrected chi connectivity index (χ1v) is 5.39. The highest BCUT2D eigenvalue weighted by Gasteiger charge is 2.36. The van der Waals surface area contributed by atoms with Crippen molar-refractivity contribution in [2.24, 2.45) is 5.41 Å². The van der Waals surface area contributed by atoms with Gasteiger partial charge in [0.05, 0.1) is 7.11 Å². The van der Waals surface area contributed by atoms with Crippen LogP contribution in [0.4, 0.5) is 0 Å². The van der Waals surface area contributed by atoms with E-state index in [1.54, 1.807) is 0 Å². The molecule has 1 N–H and O–H groups in total.